The summed E-state index contributed by atoms with van der Waals surface area (Å²) in [7, 11) is 0. The maximum absolute atomic E-state index is 12.6. The van der Waals surface area contributed by atoms with E-state index in [-0.39, 0.29) is 96.7 Å². The standard InChI is InChI=1S/C10H13F.Rb.Y/c1-4-5-6-10(11)8-7-9(2)3;;/h4-6,8H,1-3H3;;/b5-4-,10-6+;;. The first-order valence-electron chi connectivity index (χ1n) is 3.55. The van der Waals surface area contributed by atoms with E-state index in [1.165, 1.54) is 12.2 Å². The van der Waals surface area contributed by atoms with Gasteiger partial charge in [-0.2, -0.15) is 0 Å². The van der Waals surface area contributed by atoms with Crippen molar-refractivity contribution >= 4 is 58.2 Å². The Morgan fingerprint density at radius 2 is 1.85 bits per heavy atom. The fraction of sp³-hybridized carbons (Fsp3) is 0.300. The van der Waals surface area contributed by atoms with E-state index in [9.17, 15) is 4.39 Å². The second kappa shape index (κ2) is 13.8. The average molecular weight is 327 g/mol. The van der Waals surface area contributed by atoms with Crippen molar-refractivity contribution < 1.29 is 37.1 Å². The van der Waals surface area contributed by atoms with Crippen LogP contribution in [0.1, 0.15) is 20.8 Å². The molecule has 0 saturated carbocycles. The van der Waals surface area contributed by atoms with Crippen LogP contribution in [0.4, 0.5) is 4.39 Å². The summed E-state index contributed by atoms with van der Waals surface area (Å²) in [5.74, 6) is -0.274. The molecule has 0 aliphatic carbocycles. The van der Waals surface area contributed by atoms with Crippen molar-refractivity contribution in [2.24, 2.45) is 0 Å². The number of hydrogen-bond acceptors (Lipinski definition) is 0. The Bertz CT molecular complexity index is 231. The summed E-state index contributed by atoms with van der Waals surface area (Å²) in [6.45, 7) is 5.59. The third-order valence-corrected chi connectivity index (χ3v) is 0.947. The normalized spacial score (nSPS) is 9.69. The molecule has 0 aromatic heterocycles. The van der Waals surface area contributed by atoms with E-state index in [4.69, 9.17) is 0 Å². The molecular weight excluding hydrogens is 313 g/mol. The van der Waals surface area contributed by atoms with Crippen LogP contribution in [0.5, 0.6) is 0 Å². The molecule has 0 rings (SSSR count). The third-order valence-electron chi connectivity index (χ3n) is 0.947. The van der Waals surface area contributed by atoms with Gasteiger partial charge in [0.1, 0.15) is 5.83 Å². The number of hydrogen-bond donors (Lipinski definition) is 0. The number of halogens is 1. The van der Waals surface area contributed by atoms with Gasteiger partial charge in [-0.25, -0.2) is 4.39 Å². The molecule has 0 amide bonds. The molecule has 0 aliphatic heterocycles. The molecule has 0 N–H and O–H groups in total. The molecule has 0 spiro atoms. The fourth-order valence-corrected chi connectivity index (χ4v) is 0.450. The number of allylic oxidation sites excluding steroid dienone is 5. The van der Waals surface area contributed by atoms with Crippen molar-refractivity contribution in [2.75, 3.05) is 0 Å². The maximum Gasteiger partial charge on any atom is 0.130 e. The van der Waals surface area contributed by atoms with Crippen molar-refractivity contribution in [3.05, 3.63) is 41.4 Å². The van der Waals surface area contributed by atoms with Crippen LogP contribution in [0, 0.1) is 0 Å². The van der Waals surface area contributed by atoms with Gasteiger partial charge in [-0.1, -0.05) is 12.2 Å². The Kier molecular flexibility index (Phi) is 21.6. The molecular formula is C10H13FRbY. The van der Waals surface area contributed by atoms with E-state index in [2.05, 4.69) is 5.73 Å². The molecule has 0 bridgehead atoms. The van der Waals surface area contributed by atoms with Crippen LogP contribution in [0.25, 0.3) is 0 Å². The Morgan fingerprint density at radius 1 is 1.31 bits per heavy atom. The fourth-order valence-electron chi connectivity index (χ4n) is 0.450. The van der Waals surface area contributed by atoms with E-state index < -0.39 is 0 Å². The first-order chi connectivity index (χ1) is 5.16. The van der Waals surface area contributed by atoms with E-state index in [0.29, 0.717) is 0 Å². The molecule has 0 aromatic rings. The molecule has 64 valence electrons. The SMILES string of the molecule is C/C=C\C=C(\F)C=C=C(C)C.[Rb].[Y]. The minimum absolute atomic E-state index is 0. The van der Waals surface area contributed by atoms with Crippen molar-refractivity contribution in [1.29, 1.82) is 0 Å². The third kappa shape index (κ3) is 16.5. The van der Waals surface area contributed by atoms with E-state index in [1.54, 1.807) is 12.2 Å². The Balaban J connectivity index is -0.000000500. The molecule has 13 heavy (non-hydrogen) atoms. The summed E-state index contributed by atoms with van der Waals surface area (Å²) in [5, 5.41) is 0. The van der Waals surface area contributed by atoms with Crippen LogP contribution in [-0.2, 0) is 32.7 Å². The van der Waals surface area contributed by atoms with Gasteiger partial charge in [0.05, 0.1) is 0 Å². The van der Waals surface area contributed by atoms with Gasteiger partial charge in [-0.3, -0.25) is 0 Å². The van der Waals surface area contributed by atoms with Crippen LogP contribution in [0.3, 0.4) is 0 Å². The van der Waals surface area contributed by atoms with Gasteiger partial charge in [-0.15, -0.1) is 5.73 Å². The zero-order valence-corrected chi connectivity index (χ0v) is 16.5. The first kappa shape index (κ1) is 20.3. The number of rotatable bonds is 2. The molecule has 0 heterocycles. The van der Waals surface area contributed by atoms with Crippen LogP contribution in [0.2, 0.25) is 0 Å². The molecule has 0 unspecified atom stereocenters. The summed E-state index contributed by atoms with van der Waals surface area (Å²) in [4.78, 5) is 0. The minimum atomic E-state index is -0.274. The van der Waals surface area contributed by atoms with Crippen LogP contribution in [-0.4, -0.2) is 58.2 Å². The predicted molar refractivity (Wildman–Crippen MR) is 52.7 cm³/mol. The second-order valence-electron chi connectivity index (χ2n) is 2.37. The summed E-state index contributed by atoms with van der Waals surface area (Å²) in [5.41, 5.74) is 3.74. The van der Waals surface area contributed by atoms with Gasteiger partial charge in [-0.05, 0) is 32.4 Å². The quantitative estimate of drug-likeness (QED) is 0.540. The summed E-state index contributed by atoms with van der Waals surface area (Å²) >= 11 is 0. The Labute approximate surface area is 154 Å². The molecule has 0 saturated heterocycles. The topological polar surface area (TPSA) is 0 Å². The van der Waals surface area contributed by atoms with Crippen molar-refractivity contribution in [3.63, 3.8) is 0 Å². The zero-order valence-electron chi connectivity index (χ0n) is 8.76. The van der Waals surface area contributed by atoms with Gasteiger partial charge in [0, 0.05) is 97.0 Å². The van der Waals surface area contributed by atoms with Crippen LogP contribution >= 0.6 is 0 Å². The summed E-state index contributed by atoms with van der Waals surface area (Å²) in [6, 6.07) is 0. The van der Waals surface area contributed by atoms with Crippen molar-refractivity contribution in [1.82, 2.24) is 0 Å². The molecule has 2 radical (unpaired) electrons. The Hall–Kier alpha value is 1.84. The monoisotopic (exact) mass is 326 g/mol. The molecule has 0 nitrogen and oxygen atoms in total. The van der Waals surface area contributed by atoms with Crippen molar-refractivity contribution in [2.45, 2.75) is 20.8 Å². The zero-order chi connectivity index (χ0) is 8.69. The Morgan fingerprint density at radius 3 is 2.23 bits per heavy atom. The predicted octanol–water partition coefficient (Wildman–Crippen LogP) is 3.15. The van der Waals surface area contributed by atoms with Gasteiger partial charge < -0.3 is 0 Å². The van der Waals surface area contributed by atoms with Crippen LogP contribution in [0.15, 0.2) is 41.4 Å². The molecule has 0 fully saturated rings. The average Bonchev–Trinajstić information content (AvgIpc) is 1.97. The van der Waals surface area contributed by atoms with Gasteiger partial charge >= 0.3 is 0 Å². The molecule has 3 heteroatoms. The first-order valence-corrected chi connectivity index (χ1v) is 3.55. The largest absolute Gasteiger partial charge is 0.206 e. The minimum Gasteiger partial charge on any atom is -0.206 e. The second-order valence-corrected chi connectivity index (χ2v) is 2.37. The molecule has 0 aromatic carbocycles. The van der Waals surface area contributed by atoms with Gasteiger partial charge in [0.2, 0.25) is 0 Å². The summed E-state index contributed by atoms with van der Waals surface area (Å²) in [6.07, 6.45) is 6.15. The molecule has 0 atom stereocenters. The maximum atomic E-state index is 12.6. The van der Waals surface area contributed by atoms with Crippen molar-refractivity contribution in [3.8, 4) is 0 Å². The van der Waals surface area contributed by atoms with Crippen LogP contribution < -0.4 is 0 Å². The van der Waals surface area contributed by atoms with Gasteiger partial charge in [0.15, 0.2) is 0 Å². The van der Waals surface area contributed by atoms with E-state index in [0.717, 1.165) is 5.57 Å². The van der Waals surface area contributed by atoms with Gasteiger partial charge in [0.25, 0.3) is 0 Å². The smallest absolute Gasteiger partial charge is 0.130 e. The van der Waals surface area contributed by atoms with E-state index >= 15 is 0 Å². The summed E-state index contributed by atoms with van der Waals surface area (Å²) < 4.78 is 12.6. The molecule has 0 aliphatic rings. The van der Waals surface area contributed by atoms with E-state index in [1.807, 2.05) is 20.8 Å².